The van der Waals surface area contributed by atoms with Crippen LogP contribution in [0.5, 0.6) is 0 Å². The average Bonchev–Trinajstić information content (AvgIpc) is 2.50. The third-order valence-electron chi connectivity index (χ3n) is 5.59. The zero-order chi connectivity index (χ0) is 16.8. The topological polar surface area (TPSA) is 24.5 Å². The Morgan fingerprint density at radius 1 is 0.727 bits per heavy atom. The second-order valence-corrected chi connectivity index (χ2v) is 6.58. The third-order valence-corrected chi connectivity index (χ3v) is 5.59. The third kappa shape index (κ3) is 2.59. The summed E-state index contributed by atoms with van der Waals surface area (Å²) in [4.78, 5) is 0. The molecule has 0 saturated heterocycles. The number of likely N-dealkylation sites (N-methyl/N-ethyl adjacent to an activating group) is 1. The summed E-state index contributed by atoms with van der Waals surface area (Å²) in [5, 5.41) is 0. The molecule has 2 aliphatic rings. The maximum atomic E-state index is 6.19. The van der Waals surface area contributed by atoms with Gasteiger partial charge in [0.05, 0.1) is 11.1 Å². The van der Waals surface area contributed by atoms with E-state index in [1.807, 2.05) is 13.8 Å². The van der Waals surface area contributed by atoms with Crippen molar-refractivity contribution in [1.82, 2.24) is 0 Å². The molecule has 22 heavy (non-hydrogen) atoms. The predicted molar refractivity (Wildman–Crippen MR) is 89.4 cm³/mol. The van der Waals surface area contributed by atoms with Gasteiger partial charge in [-0.15, -0.1) is 4.58 Å². The van der Waals surface area contributed by atoms with Crippen LogP contribution in [0.1, 0.15) is 55.4 Å². The van der Waals surface area contributed by atoms with Crippen LogP contribution in [0.4, 0.5) is 0 Å². The van der Waals surface area contributed by atoms with Crippen molar-refractivity contribution in [1.29, 1.82) is 0 Å². The van der Waals surface area contributed by atoms with Gasteiger partial charge in [0.2, 0.25) is 12.1 Å². The van der Waals surface area contributed by atoms with Crippen molar-refractivity contribution in [2.45, 2.75) is 73.9 Å². The van der Waals surface area contributed by atoms with Gasteiger partial charge in [0.1, 0.15) is 18.6 Å². The van der Waals surface area contributed by atoms with Crippen LogP contribution < -0.4 is 0 Å². The minimum absolute atomic E-state index is 0.270. The molecule has 3 atom stereocenters. The molecule has 0 radical (unpaired) electrons. The monoisotopic (exact) mass is 306 g/mol. The molecule has 0 spiro atoms. The lowest BCUT2D eigenvalue weighted by Gasteiger charge is -2.28. The van der Waals surface area contributed by atoms with E-state index in [1.54, 1.807) is 0 Å². The molecule has 0 amide bonds. The zero-order valence-electron chi connectivity index (χ0n) is 15.4. The van der Waals surface area contributed by atoms with Crippen LogP contribution in [0.3, 0.4) is 0 Å². The summed E-state index contributed by atoms with van der Waals surface area (Å²) in [6.45, 7) is 17.1. The molecule has 0 N–H and O–H groups in total. The van der Waals surface area contributed by atoms with E-state index < -0.39 is 6.41 Å². The lowest BCUT2D eigenvalue weighted by Crippen LogP contribution is -2.49. The molecule has 2 rings (SSSR count). The summed E-state index contributed by atoms with van der Waals surface area (Å²) in [7, 11) is 2.15. The van der Waals surface area contributed by atoms with E-state index in [1.165, 1.54) is 22.6 Å². The van der Waals surface area contributed by atoms with E-state index in [0.717, 1.165) is 11.5 Å². The molecule has 0 fully saturated rings. The molecular weight excluding hydrogens is 276 g/mol. The van der Waals surface area contributed by atoms with Gasteiger partial charge in [-0.3, -0.25) is 0 Å². The molecule has 4 heteroatoms. The van der Waals surface area contributed by atoms with Gasteiger partial charge in [-0.05, 0) is 27.7 Å². The van der Waals surface area contributed by atoms with Crippen LogP contribution >= 0.6 is 0 Å². The fraction of sp³-hybridized carbons (Fsp3) is 0.667. The van der Waals surface area contributed by atoms with E-state index in [2.05, 4.69) is 57.7 Å². The van der Waals surface area contributed by atoms with Crippen LogP contribution in [0.2, 0.25) is 0 Å². The molecule has 122 valence electrons. The second-order valence-electron chi connectivity index (χ2n) is 6.58. The van der Waals surface area contributed by atoms with Crippen molar-refractivity contribution in [2.75, 3.05) is 7.05 Å². The average molecular weight is 306 g/mol. The highest BCUT2D eigenvalue weighted by molar-refractivity contribution is 5.95. The quantitative estimate of drug-likeness (QED) is 0.642. The van der Waals surface area contributed by atoms with Crippen LogP contribution in [-0.4, -0.2) is 46.1 Å². The summed E-state index contributed by atoms with van der Waals surface area (Å²) in [6, 6.07) is 0.614. The molecule has 0 aromatic rings. The first-order valence-electron chi connectivity index (χ1n) is 8.04. The minimum Gasteiger partial charge on any atom is -0.406 e. The van der Waals surface area contributed by atoms with Crippen molar-refractivity contribution >= 4 is 11.4 Å². The van der Waals surface area contributed by atoms with Crippen LogP contribution in [-0.2, 0) is 9.47 Å². The molecule has 0 aliphatic carbocycles. The van der Waals surface area contributed by atoms with Gasteiger partial charge >= 0.3 is 6.41 Å². The Morgan fingerprint density at radius 2 is 1.18 bits per heavy atom. The van der Waals surface area contributed by atoms with Crippen LogP contribution in [0.15, 0.2) is 22.7 Å². The van der Waals surface area contributed by atoms with Gasteiger partial charge in [0.15, 0.2) is 11.4 Å². The second kappa shape index (κ2) is 5.90. The molecule has 0 aromatic heterocycles. The van der Waals surface area contributed by atoms with Crippen LogP contribution in [0, 0.1) is 0 Å². The number of hydrogen-bond acceptors (Lipinski definition) is 2. The number of rotatable bonds is 0. The summed E-state index contributed by atoms with van der Waals surface area (Å²) < 4.78 is 16.9. The SMILES string of the molecule is CC1=C(C)C(C)=[N+]2C(O1)O/C(C)=C(/C)C(C)=[N+](C)C(C)C2C. The molecule has 0 bridgehead atoms. The highest BCUT2D eigenvalue weighted by Crippen LogP contribution is 2.25. The first-order valence-corrected chi connectivity index (χ1v) is 8.04. The van der Waals surface area contributed by atoms with Gasteiger partial charge in [-0.2, -0.15) is 0 Å². The van der Waals surface area contributed by atoms with Crippen molar-refractivity contribution in [3.8, 4) is 0 Å². The highest BCUT2D eigenvalue weighted by Gasteiger charge is 2.43. The van der Waals surface area contributed by atoms with Gasteiger partial charge in [-0.25, -0.2) is 4.58 Å². The Labute approximate surface area is 134 Å². The lowest BCUT2D eigenvalue weighted by atomic mass is 10.1. The summed E-state index contributed by atoms with van der Waals surface area (Å²) >= 11 is 0. The molecule has 2 aliphatic heterocycles. The Balaban J connectivity index is 2.66. The molecule has 2 heterocycles. The van der Waals surface area contributed by atoms with E-state index in [-0.39, 0.29) is 6.04 Å². The lowest BCUT2D eigenvalue weighted by molar-refractivity contribution is -0.714. The number of hydrogen-bond donors (Lipinski definition) is 0. The van der Waals surface area contributed by atoms with E-state index in [9.17, 15) is 0 Å². The normalized spacial score (nSPS) is 33.8. The maximum absolute atomic E-state index is 6.19. The van der Waals surface area contributed by atoms with Crippen molar-refractivity contribution < 1.29 is 18.6 Å². The van der Waals surface area contributed by atoms with E-state index in [4.69, 9.17) is 9.47 Å². The van der Waals surface area contributed by atoms with Crippen LogP contribution in [0.25, 0.3) is 0 Å². The molecule has 4 nitrogen and oxygen atoms in total. The van der Waals surface area contributed by atoms with E-state index >= 15 is 0 Å². The molecule has 0 saturated carbocycles. The van der Waals surface area contributed by atoms with Gasteiger partial charge < -0.3 is 9.47 Å². The number of ether oxygens (including phenoxy) is 2. The first kappa shape index (κ1) is 16.8. The molecule has 0 aromatic carbocycles. The van der Waals surface area contributed by atoms with Crippen molar-refractivity contribution in [2.24, 2.45) is 0 Å². The fourth-order valence-corrected chi connectivity index (χ4v) is 3.10. The Kier molecular flexibility index (Phi) is 4.50. The van der Waals surface area contributed by atoms with E-state index in [0.29, 0.717) is 6.04 Å². The first-order chi connectivity index (χ1) is 10.2. The van der Waals surface area contributed by atoms with Gasteiger partial charge in [0.25, 0.3) is 0 Å². The standard InChI is InChI=1S/C18H30N2O2/c1-10-12(3)19(9)14(5)15(6)20-13(4)11(2)17(8)22-18(20)21-16(10)7/h14-15,18H,1-9H3/q+2/b16-10-,19-12?. The smallest absolute Gasteiger partial charge is 0.406 e. The summed E-state index contributed by atoms with van der Waals surface area (Å²) in [5.74, 6) is 1.86. The zero-order valence-corrected chi connectivity index (χ0v) is 15.4. The molecular formula is C18H30N2O2+2. The number of nitrogens with zero attached hydrogens (tertiary/aromatic N) is 2. The number of fused-ring (bicyclic) bond motifs is 1. The summed E-state index contributed by atoms with van der Waals surface area (Å²) in [5.41, 5.74) is 4.84. The summed E-state index contributed by atoms with van der Waals surface area (Å²) in [6.07, 6.45) is -0.393. The Bertz CT molecular complexity index is 619. The number of allylic oxidation sites excluding steroid dienone is 4. The van der Waals surface area contributed by atoms with Gasteiger partial charge in [0, 0.05) is 27.7 Å². The Morgan fingerprint density at radius 3 is 1.68 bits per heavy atom. The Hall–Kier alpha value is -1.58. The van der Waals surface area contributed by atoms with Crippen molar-refractivity contribution in [3.63, 3.8) is 0 Å². The minimum atomic E-state index is -0.393. The fourth-order valence-electron chi connectivity index (χ4n) is 3.10. The van der Waals surface area contributed by atoms with Gasteiger partial charge in [-0.1, -0.05) is 0 Å². The highest BCUT2D eigenvalue weighted by atomic mass is 16.7. The largest absolute Gasteiger partial charge is 0.462 e. The molecule has 3 unspecified atom stereocenters. The van der Waals surface area contributed by atoms with Crippen molar-refractivity contribution in [3.05, 3.63) is 22.7 Å². The predicted octanol–water partition coefficient (Wildman–Crippen LogP) is 3.27. The maximum Gasteiger partial charge on any atom is 0.462 e.